The number of sulfonamides is 1. The highest BCUT2D eigenvalue weighted by atomic mass is 32.2. The van der Waals surface area contributed by atoms with Gasteiger partial charge in [-0.1, -0.05) is 44.4 Å². The van der Waals surface area contributed by atoms with Crippen molar-refractivity contribution in [3.8, 4) is 0 Å². The maximum absolute atomic E-state index is 13.8. The zero-order valence-electron chi connectivity index (χ0n) is 22.2. The molecule has 1 aliphatic carbocycles. The largest absolute Gasteiger partial charge is 0.352 e. The summed E-state index contributed by atoms with van der Waals surface area (Å²) < 4.78 is 40.1. The molecule has 2 aromatic rings. The summed E-state index contributed by atoms with van der Waals surface area (Å²) in [5, 5.41) is 3.10. The fourth-order valence-electron chi connectivity index (χ4n) is 4.74. The van der Waals surface area contributed by atoms with Gasteiger partial charge in [0.15, 0.2) is 0 Å². The molecule has 0 radical (unpaired) electrons. The highest BCUT2D eigenvalue weighted by Gasteiger charge is 2.32. The Balaban J connectivity index is 1.92. The second-order valence-electron chi connectivity index (χ2n) is 9.95. The van der Waals surface area contributed by atoms with Gasteiger partial charge in [0.1, 0.15) is 18.4 Å². The second kappa shape index (κ2) is 12.5. The molecule has 0 aliphatic heterocycles. The van der Waals surface area contributed by atoms with E-state index in [-0.39, 0.29) is 18.5 Å². The van der Waals surface area contributed by atoms with Crippen LogP contribution < -0.4 is 9.62 Å². The highest BCUT2D eigenvalue weighted by Crippen LogP contribution is 2.23. The quantitative estimate of drug-likeness (QED) is 0.490. The third kappa shape index (κ3) is 7.77. The third-order valence-electron chi connectivity index (χ3n) is 7.06. The fourth-order valence-corrected chi connectivity index (χ4v) is 5.59. The Kier molecular flexibility index (Phi) is 9.70. The van der Waals surface area contributed by atoms with Gasteiger partial charge >= 0.3 is 0 Å². The molecule has 1 aliphatic rings. The van der Waals surface area contributed by atoms with Crippen molar-refractivity contribution in [2.75, 3.05) is 17.1 Å². The zero-order chi connectivity index (χ0) is 27.2. The van der Waals surface area contributed by atoms with Crippen molar-refractivity contribution in [2.45, 2.75) is 77.9 Å². The van der Waals surface area contributed by atoms with Crippen LogP contribution in [-0.2, 0) is 26.2 Å². The first kappa shape index (κ1) is 28.6. The van der Waals surface area contributed by atoms with Crippen LogP contribution in [0.2, 0.25) is 0 Å². The van der Waals surface area contributed by atoms with Gasteiger partial charge < -0.3 is 10.2 Å². The first-order valence-electron chi connectivity index (χ1n) is 12.9. The maximum atomic E-state index is 13.8. The number of benzene rings is 2. The number of carbonyl (C=O) groups excluding carboxylic acids is 2. The third-order valence-corrected chi connectivity index (χ3v) is 8.20. The number of hydrogen-bond donors (Lipinski definition) is 1. The zero-order valence-corrected chi connectivity index (χ0v) is 23.0. The van der Waals surface area contributed by atoms with Gasteiger partial charge in [-0.25, -0.2) is 12.8 Å². The topological polar surface area (TPSA) is 86.8 Å². The Morgan fingerprint density at radius 1 is 1.03 bits per heavy atom. The second-order valence-corrected chi connectivity index (χ2v) is 11.9. The lowest BCUT2D eigenvalue weighted by Crippen LogP contribution is -2.53. The van der Waals surface area contributed by atoms with Crippen molar-refractivity contribution in [3.63, 3.8) is 0 Å². The lowest BCUT2D eigenvalue weighted by molar-refractivity contribution is -0.140. The van der Waals surface area contributed by atoms with E-state index in [1.807, 2.05) is 26.8 Å². The van der Waals surface area contributed by atoms with Crippen LogP contribution in [0.15, 0.2) is 42.5 Å². The molecule has 0 bridgehead atoms. The molecule has 0 saturated heterocycles. The number of aryl methyl sites for hydroxylation is 2. The van der Waals surface area contributed by atoms with Crippen LogP contribution in [0.1, 0.15) is 62.1 Å². The predicted molar refractivity (Wildman–Crippen MR) is 144 cm³/mol. The van der Waals surface area contributed by atoms with Crippen LogP contribution in [0.4, 0.5) is 10.1 Å². The van der Waals surface area contributed by atoms with Gasteiger partial charge in [0.05, 0.1) is 11.9 Å². The summed E-state index contributed by atoms with van der Waals surface area (Å²) in [5.74, 6) is -1.15. The molecule has 1 atom stereocenters. The number of hydrogen-bond acceptors (Lipinski definition) is 4. The molecule has 0 spiro atoms. The van der Waals surface area contributed by atoms with Gasteiger partial charge in [-0.2, -0.15) is 0 Å². The van der Waals surface area contributed by atoms with Crippen molar-refractivity contribution in [3.05, 3.63) is 65.0 Å². The lowest BCUT2D eigenvalue weighted by Gasteiger charge is -2.34. The Hall–Kier alpha value is -2.94. The van der Waals surface area contributed by atoms with Crippen molar-refractivity contribution in [1.29, 1.82) is 0 Å². The maximum Gasteiger partial charge on any atom is 0.244 e. The normalized spacial score (nSPS) is 15.2. The highest BCUT2D eigenvalue weighted by molar-refractivity contribution is 7.92. The minimum absolute atomic E-state index is 0.0558. The van der Waals surface area contributed by atoms with E-state index in [9.17, 15) is 22.4 Å². The molecule has 1 fully saturated rings. The standard InChI is InChI=1S/C28H38FN3O4S/c1-5-26(28(34)30-24-9-7-6-8-10-24)31(18-22-12-14-23(29)15-13-22)27(33)19-32(37(4,35)36)25-16-11-20(2)21(3)17-25/h11-17,24,26H,5-10,18-19H2,1-4H3,(H,30,34). The Morgan fingerprint density at radius 2 is 1.68 bits per heavy atom. The predicted octanol–water partition coefficient (Wildman–Crippen LogP) is 4.46. The summed E-state index contributed by atoms with van der Waals surface area (Å²) in [4.78, 5) is 28.6. The van der Waals surface area contributed by atoms with E-state index >= 15 is 0 Å². The van der Waals surface area contributed by atoms with Crippen LogP contribution in [0, 0.1) is 19.7 Å². The molecular weight excluding hydrogens is 493 g/mol. The minimum Gasteiger partial charge on any atom is -0.352 e. The molecular formula is C28H38FN3O4S. The summed E-state index contributed by atoms with van der Waals surface area (Å²) in [6.07, 6.45) is 6.49. The molecule has 1 unspecified atom stereocenters. The molecule has 37 heavy (non-hydrogen) atoms. The Bertz CT molecular complexity index is 1190. The average Bonchev–Trinajstić information content (AvgIpc) is 2.85. The molecule has 0 heterocycles. The van der Waals surface area contributed by atoms with Gasteiger partial charge in [0, 0.05) is 12.6 Å². The fraction of sp³-hybridized carbons (Fsp3) is 0.500. The van der Waals surface area contributed by atoms with E-state index in [1.165, 1.54) is 17.0 Å². The van der Waals surface area contributed by atoms with E-state index < -0.39 is 34.3 Å². The van der Waals surface area contributed by atoms with Crippen LogP contribution in [-0.4, -0.2) is 50.0 Å². The molecule has 2 aromatic carbocycles. The minimum atomic E-state index is -3.79. The molecule has 7 nitrogen and oxygen atoms in total. The van der Waals surface area contributed by atoms with E-state index in [0.29, 0.717) is 17.7 Å². The number of nitrogens with zero attached hydrogens (tertiary/aromatic N) is 2. The van der Waals surface area contributed by atoms with E-state index in [4.69, 9.17) is 0 Å². The van der Waals surface area contributed by atoms with E-state index in [1.54, 1.807) is 24.3 Å². The average molecular weight is 532 g/mol. The van der Waals surface area contributed by atoms with Gasteiger partial charge in [0.2, 0.25) is 21.8 Å². The number of halogens is 1. The first-order chi connectivity index (χ1) is 17.5. The Morgan fingerprint density at radius 3 is 2.24 bits per heavy atom. The van der Waals surface area contributed by atoms with Crippen LogP contribution in [0.3, 0.4) is 0 Å². The van der Waals surface area contributed by atoms with Crippen LogP contribution >= 0.6 is 0 Å². The molecule has 9 heteroatoms. The molecule has 2 amide bonds. The summed E-state index contributed by atoms with van der Waals surface area (Å²) in [6.45, 7) is 5.24. The molecule has 3 rings (SSSR count). The van der Waals surface area contributed by atoms with Crippen molar-refractivity contribution in [2.24, 2.45) is 0 Å². The van der Waals surface area contributed by atoms with Crippen LogP contribution in [0.25, 0.3) is 0 Å². The van der Waals surface area contributed by atoms with Crippen molar-refractivity contribution >= 4 is 27.5 Å². The van der Waals surface area contributed by atoms with E-state index in [0.717, 1.165) is 53.8 Å². The molecule has 202 valence electrons. The summed E-state index contributed by atoms with van der Waals surface area (Å²) >= 11 is 0. The first-order valence-corrected chi connectivity index (χ1v) is 14.7. The van der Waals surface area contributed by atoms with Gasteiger partial charge in [0.25, 0.3) is 0 Å². The number of anilines is 1. The Labute approximate surface area is 220 Å². The summed E-state index contributed by atoms with van der Waals surface area (Å²) in [5.41, 5.74) is 2.95. The smallest absolute Gasteiger partial charge is 0.244 e. The SMILES string of the molecule is CCC(C(=O)NC1CCCCC1)N(Cc1ccc(F)cc1)C(=O)CN(c1ccc(C)c(C)c1)S(C)(=O)=O. The van der Waals surface area contributed by atoms with Gasteiger partial charge in [-0.15, -0.1) is 0 Å². The monoisotopic (exact) mass is 531 g/mol. The van der Waals surface area contributed by atoms with E-state index in [2.05, 4.69) is 5.32 Å². The van der Waals surface area contributed by atoms with Crippen molar-refractivity contribution < 1.29 is 22.4 Å². The number of rotatable bonds is 10. The van der Waals surface area contributed by atoms with Crippen molar-refractivity contribution in [1.82, 2.24) is 10.2 Å². The number of amides is 2. The van der Waals surface area contributed by atoms with Crippen LogP contribution in [0.5, 0.6) is 0 Å². The lowest BCUT2D eigenvalue weighted by atomic mass is 9.95. The molecule has 0 aromatic heterocycles. The van der Waals surface area contributed by atoms with Gasteiger partial charge in [-0.3, -0.25) is 13.9 Å². The summed E-state index contributed by atoms with van der Waals surface area (Å²) in [7, 11) is -3.79. The van der Waals surface area contributed by atoms with Gasteiger partial charge in [-0.05, 0) is 74.1 Å². The number of nitrogens with one attached hydrogen (secondary N) is 1. The summed E-state index contributed by atoms with van der Waals surface area (Å²) in [6, 6.07) is 10.3. The molecule has 1 saturated carbocycles. The number of carbonyl (C=O) groups is 2. The molecule has 1 N–H and O–H groups in total.